The average molecular weight is 264 g/mol. The van der Waals surface area contributed by atoms with Crippen molar-refractivity contribution in [3.8, 4) is 0 Å². The maximum Gasteiger partial charge on any atom is 0.269 e. The van der Waals surface area contributed by atoms with Crippen LogP contribution < -0.4 is 10.6 Å². The molecule has 0 radical (unpaired) electrons. The zero-order valence-electron chi connectivity index (χ0n) is 11.7. The zero-order chi connectivity index (χ0) is 14.4. The Morgan fingerprint density at radius 3 is 2.21 bits per heavy atom. The molecule has 1 aromatic carbocycles. The van der Waals surface area contributed by atoms with Crippen molar-refractivity contribution in [2.24, 2.45) is 4.99 Å². The van der Waals surface area contributed by atoms with E-state index in [0.29, 0.717) is 5.96 Å². The number of aliphatic imine (C=N–C) groups is 1. The zero-order valence-corrected chi connectivity index (χ0v) is 11.7. The molecule has 0 atom stereocenters. The number of non-ortho nitro benzene ring substituents is 1. The van der Waals surface area contributed by atoms with Crippen molar-refractivity contribution >= 4 is 17.3 Å². The van der Waals surface area contributed by atoms with E-state index in [1.54, 1.807) is 12.1 Å². The summed E-state index contributed by atoms with van der Waals surface area (Å²) in [5.74, 6) is 0.666. The molecular formula is C13H20N4O2. The molecule has 0 heterocycles. The summed E-state index contributed by atoms with van der Waals surface area (Å²) in [4.78, 5) is 14.6. The molecule has 0 aromatic heterocycles. The smallest absolute Gasteiger partial charge is 0.269 e. The van der Waals surface area contributed by atoms with E-state index in [1.165, 1.54) is 12.1 Å². The molecule has 6 heteroatoms. The Labute approximate surface area is 113 Å². The maximum atomic E-state index is 10.6. The second-order valence-electron chi connectivity index (χ2n) is 4.80. The number of hydrogen-bond acceptors (Lipinski definition) is 3. The number of nitro groups is 1. The van der Waals surface area contributed by atoms with Gasteiger partial charge in [-0.2, -0.15) is 0 Å². The Morgan fingerprint density at radius 2 is 1.79 bits per heavy atom. The number of hydrogen-bond donors (Lipinski definition) is 2. The van der Waals surface area contributed by atoms with Gasteiger partial charge in [0.05, 0.1) is 4.92 Å². The third-order valence-electron chi connectivity index (χ3n) is 2.15. The second kappa shape index (κ2) is 6.72. The van der Waals surface area contributed by atoms with Crippen LogP contribution in [0.1, 0.15) is 27.7 Å². The van der Waals surface area contributed by atoms with Crippen molar-refractivity contribution in [2.75, 3.05) is 5.32 Å². The molecule has 0 amide bonds. The highest BCUT2D eigenvalue weighted by atomic mass is 16.6. The summed E-state index contributed by atoms with van der Waals surface area (Å²) in [5.41, 5.74) is 0.836. The lowest BCUT2D eigenvalue weighted by Crippen LogP contribution is -2.36. The first-order valence-electron chi connectivity index (χ1n) is 6.24. The first-order valence-corrected chi connectivity index (χ1v) is 6.24. The Balaban J connectivity index is 2.81. The summed E-state index contributed by atoms with van der Waals surface area (Å²) in [7, 11) is 0. The maximum absolute atomic E-state index is 10.6. The third-order valence-corrected chi connectivity index (χ3v) is 2.15. The molecule has 1 rings (SSSR count). The second-order valence-corrected chi connectivity index (χ2v) is 4.80. The van der Waals surface area contributed by atoms with Gasteiger partial charge < -0.3 is 10.6 Å². The van der Waals surface area contributed by atoms with Gasteiger partial charge in [-0.3, -0.25) is 15.1 Å². The molecule has 0 unspecified atom stereocenters. The fraction of sp³-hybridized carbons (Fsp3) is 0.462. The molecule has 0 aliphatic heterocycles. The highest BCUT2D eigenvalue weighted by Gasteiger charge is 2.06. The Kier molecular flexibility index (Phi) is 5.29. The average Bonchev–Trinajstić information content (AvgIpc) is 2.27. The molecule has 0 aliphatic carbocycles. The molecule has 19 heavy (non-hydrogen) atoms. The Hall–Kier alpha value is -2.11. The monoisotopic (exact) mass is 264 g/mol. The minimum absolute atomic E-state index is 0.0738. The van der Waals surface area contributed by atoms with Gasteiger partial charge in [-0.05, 0) is 39.8 Å². The largest absolute Gasteiger partial charge is 0.354 e. The summed E-state index contributed by atoms with van der Waals surface area (Å²) in [6, 6.07) is 6.66. The van der Waals surface area contributed by atoms with Gasteiger partial charge in [0.1, 0.15) is 0 Å². The molecule has 0 aliphatic rings. The Morgan fingerprint density at radius 1 is 1.21 bits per heavy atom. The van der Waals surface area contributed by atoms with E-state index in [4.69, 9.17) is 0 Å². The first-order chi connectivity index (χ1) is 8.88. The lowest BCUT2D eigenvalue weighted by Gasteiger charge is -2.16. The summed E-state index contributed by atoms with van der Waals surface area (Å²) in [6.45, 7) is 8.01. The minimum Gasteiger partial charge on any atom is -0.354 e. The van der Waals surface area contributed by atoms with E-state index < -0.39 is 4.92 Å². The normalized spacial score (nSPS) is 11.8. The van der Waals surface area contributed by atoms with Gasteiger partial charge in [-0.15, -0.1) is 0 Å². The van der Waals surface area contributed by atoms with Crippen LogP contribution in [-0.2, 0) is 0 Å². The van der Waals surface area contributed by atoms with Crippen LogP contribution in [0, 0.1) is 10.1 Å². The predicted octanol–water partition coefficient (Wildman–Crippen LogP) is 2.77. The number of rotatable bonds is 4. The van der Waals surface area contributed by atoms with Crippen molar-refractivity contribution in [3.05, 3.63) is 34.4 Å². The lowest BCUT2D eigenvalue weighted by molar-refractivity contribution is -0.384. The van der Waals surface area contributed by atoms with Gasteiger partial charge in [-0.25, -0.2) is 0 Å². The third kappa shape index (κ3) is 5.37. The molecule has 0 spiro atoms. The summed E-state index contributed by atoms with van der Waals surface area (Å²) >= 11 is 0. The van der Waals surface area contributed by atoms with Crippen molar-refractivity contribution in [1.29, 1.82) is 0 Å². The molecule has 104 valence electrons. The van der Waals surface area contributed by atoms with Crippen LogP contribution in [-0.4, -0.2) is 23.0 Å². The molecule has 2 N–H and O–H groups in total. The number of nitrogens with one attached hydrogen (secondary N) is 2. The van der Waals surface area contributed by atoms with Crippen molar-refractivity contribution < 1.29 is 4.92 Å². The van der Waals surface area contributed by atoms with E-state index >= 15 is 0 Å². The van der Waals surface area contributed by atoms with Crippen LogP contribution in [0.2, 0.25) is 0 Å². The highest BCUT2D eigenvalue weighted by Crippen LogP contribution is 2.15. The molecule has 0 saturated heterocycles. The number of nitrogens with zero attached hydrogens (tertiary/aromatic N) is 2. The van der Waals surface area contributed by atoms with Crippen molar-refractivity contribution in [3.63, 3.8) is 0 Å². The van der Waals surface area contributed by atoms with Gasteiger partial charge >= 0.3 is 0 Å². The van der Waals surface area contributed by atoms with Crippen LogP contribution in [0.15, 0.2) is 29.3 Å². The molecular weight excluding hydrogens is 244 g/mol. The molecule has 0 fully saturated rings. The van der Waals surface area contributed by atoms with Gasteiger partial charge in [0, 0.05) is 29.9 Å². The topological polar surface area (TPSA) is 79.6 Å². The SMILES string of the molecule is CC(C)N=C(Nc1ccc([N+](=O)[O-])cc1)NC(C)C. The van der Waals surface area contributed by atoms with Gasteiger partial charge in [0.25, 0.3) is 5.69 Å². The molecule has 0 bridgehead atoms. The van der Waals surface area contributed by atoms with Crippen molar-refractivity contribution in [2.45, 2.75) is 39.8 Å². The fourth-order valence-corrected chi connectivity index (χ4v) is 1.44. The fourth-order valence-electron chi connectivity index (χ4n) is 1.44. The van der Waals surface area contributed by atoms with Crippen LogP contribution in [0.3, 0.4) is 0 Å². The van der Waals surface area contributed by atoms with E-state index in [-0.39, 0.29) is 17.8 Å². The number of benzene rings is 1. The van der Waals surface area contributed by atoms with Crippen LogP contribution in [0.4, 0.5) is 11.4 Å². The van der Waals surface area contributed by atoms with E-state index in [2.05, 4.69) is 15.6 Å². The summed E-state index contributed by atoms with van der Waals surface area (Å²) in [6.07, 6.45) is 0. The number of nitro benzene ring substituents is 1. The molecule has 0 saturated carbocycles. The van der Waals surface area contributed by atoms with Gasteiger partial charge in [0.2, 0.25) is 0 Å². The van der Waals surface area contributed by atoms with Crippen LogP contribution in [0.5, 0.6) is 0 Å². The lowest BCUT2D eigenvalue weighted by atomic mass is 10.3. The standard InChI is InChI=1S/C13H20N4O2/c1-9(2)14-13(15-10(3)4)16-11-5-7-12(8-6-11)17(18)19/h5-10H,1-4H3,(H2,14,15,16). The minimum atomic E-state index is -0.417. The highest BCUT2D eigenvalue weighted by molar-refractivity contribution is 5.93. The molecule has 1 aromatic rings. The predicted molar refractivity (Wildman–Crippen MR) is 77.6 cm³/mol. The Bertz CT molecular complexity index is 452. The van der Waals surface area contributed by atoms with Crippen LogP contribution in [0.25, 0.3) is 0 Å². The summed E-state index contributed by atoms with van der Waals surface area (Å²) < 4.78 is 0. The quantitative estimate of drug-likeness (QED) is 0.379. The number of guanidine groups is 1. The molecule has 6 nitrogen and oxygen atoms in total. The first kappa shape index (κ1) is 14.9. The van der Waals surface area contributed by atoms with E-state index in [1.807, 2.05) is 27.7 Å². The van der Waals surface area contributed by atoms with Gasteiger partial charge in [-0.1, -0.05) is 0 Å². The van der Waals surface area contributed by atoms with Crippen LogP contribution >= 0.6 is 0 Å². The van der Waals surface area contributed by atoms with E-state index in [0.717, 1.165) is 5.69 Å². The van der Waals surface area contributed by atoms with Gasteiger partial charge in [0.15, 0.2) is 5.96 Å². The van der Waals surface area contributed by atoms with E-state index in [9.17, 15) is 10.1 Å². The van der Waals surface area contributed by atoms with Crippen molar-refractivity contribution in [1.82, 2.24) is 5.32 Å². The summed E-state index contributed by atoms with van der Waals surface area (Å²) in [5, 5.41) is 16.9. The number of anilines is 1.